The predicted molar refractivity (Wildman–Crippen MR) is 84.1 cm³/mol. The molecule has 2 aliphatic heterocycles. The number of ether oxygens (including phenoxy) is 2. The van der Waals surface area contributed by atoms with Crippen molar-refractivity contribution < 1.29 is 9.47 Å². The van der Waals surface area contributed by atoms with Crippen molar-refractivity contribution in [1.29, 1.82) is 0 Å². The van der Waals surface area contributed by atoms with Crippen LogP contribution in [0.4, 0.5) is 0 Å². The highest BCUT2D eigenvalue weighted by atomic mass is 32.2. The van der Waals surface area contributed by atoms with Gasteiger partial charge in [0.05, 0.1) is 17.3 Å². The lowest BCUT2D eigenvalue weighted by Gasteiger charge is -2.45. The molecule has 4 unspecified atom stereocenters. The number of hydrogen-bond acceptors (Lipinski definition) is 4. The van der Waals surface area contributed by atoms with Crippen LogP contribution >= 0.6 is 11.8 Å². The van der Waals surface area contributed by atoms with E-state index in [1.807, 2.05) is 11.8 Å². The standard InChI is InChI=1S/C16H29NO2S/c1-13-3-2-5-15(9-13,11-17)19-14-4-7-18-16(10-14)6-8-20-12-16/h13-14H,2-12,17H2,1H3. The van der Waals surface area contributed by atoms with Crippen LogP contribution in [0.15, 0.2) is 0 Å². The molecule has 3 fully saturated rings. The van der Waals surface area contributed by atoms with Crippen LogP contribution in [-0.4, -0.2) is 42.0 Å². The van der Waals surface area contributed by atoms with Crippen LogP contribution in [0.2, 0.25) is 0 Å². The number of nitrogens with two attached hydrogens (primary N) is 1. The summed E-state index contributed by atoms with van der Waals surface area (Å²) in [6.07, 6.45) is 8.57. The smallest absolute Gasteiger partial charge is 0.0810 e. The predicted octanol–water partition coefficient (Wildman–Crippen LogP) is 2.97. The Balaban J connectivity index is 1.63. The highest BCUT2D eigenvalue weighted by Gasteiger charge is 2.44. The lowest BCUT2D eigenvalue weighted by atomic mass is 9.78. The van der Waals surface area contributed by atoms with Crippen LogP contribution in [-0.2, 0) is 9.47 Å². The maximum absolute atomic E-state index is 6.61. The zero-order valence-electron chi connectivity index (χ0n) is 12.7. The molecule has 0 bridgehead atoms. The third-order valence-corrected chi connectivity index (χ3v) is 6.58. The minimum Gasteiger partial charge on any atom is -0.374 e. The average Bonchev–Trinajstić information content (AvgIpc) is 2.87. The summed E-state index contributed by atoms with van der Waals surface area (Å²) in [5.41, 5.74) is 6.17. The van der Waals surface area contributed by atoms with Crippen LogP contribution in [0, 0.1) is 5.92 Å². The van der Waals surface area contributed by atoms with Gasteiger partial charge in [-0.1, -0.05) is 19.8 Å². The molecular formula is C16H29NO2S. The van der Waals surface area contributed by atoms with Crippen molar-refractivity contribution in [2.75, 3.05) is 24.7 Å². The van der Waals surface area contributed by atoms with E-state index in [0.717, 1.165) is 44.0 Å². The fourth-order valence-electron chi connectivity index (χ4n) is 4.25. The van der Waals surface area contributed by atoms with E-state index in [-0.39, 0.29) is 11.2 Å². The van der Waals surface area contributed by atoms with E-state index in [2.05, 4.69) is 6.92 Å². The van der Waals surface area contributed by atoms with Crippen molar-refractivity contribution in [1.82, 2.24) is 0 Å². The Morgan fingerprint density at radius 2 is 2.20 bits per heavy atom. The molecular weight excluding hydrogens is 270 g/mol. The van der Waals surface area contributed by atoms with Gasteiger partial charge in [-0.15, -0.1) is 0 Å². The zero-order chi connectivity index (χ0) is 14.1. The molecule has 1 aliphatic carbocycles. The fourth-order valence-corrected chi connectivity index (χ4v) is 5.63. The molecule has 1 saturated carbocycles. The minimum atomic E-state index is -0.0490. The molecule has 4 heteroatoms. The SMILES string of the molecule is CC1CCCC(CN)(OC2CCOC3(CCSC3)C2)C1. The molecule has 2 heterocycles. The lowest BCUT2D eigenvalue weighted by molar-refractivity contribution is -0.177. The Kier molecular flexibility index (Phi) is 4.66. The normalized spacial score (nSPS) is 45.9. The number of thioether (sulfide) groups is 1. The molecule has 2 N–H and O–H groups in total. The van der Waals surface area contributed by atoms with Gasteiger partial charge in [0.15, 0.2) is 0 Å². The van der Waals surface area contributed by atoms with Gasteiger partial charge >= 0.3 is 0 Å². The van der Waals surface area contributed by atoms with Gasteiger partial charge in [-0.3, -0.25) is 0 Å². The first-order chi connectivity index (χ1) is 9.65. The first kappa shape index (κ1) is 15.1. The Morgan fingerprint density at radius 1 is 1.30 bits per heavy atom. The average molecular weight is 299 g/mol. The maximum atomic E-state index is 6.61. The van der Waals surface area contributed by atoms with Gasteiger partial charge in [0.1, 0.15) is 0 Å². The van der Waals surface area contributed by atoms with Gasteiger partial charge in [-0.25, -0.2) is 0 Å². The second kappa shape index (κ2) is 6.15. The molecule has 0 radical (unpaired) electrons. The van der Waals surface area contributed by atoms with Crippen molar-refractivity contribution in [3.63, 3.8) is 0 Å². The molecule has 0 aromatic rings. The number of rotatable bonds is 3. The van der Waals surface area contributed by atoms with Gasteiger partial charge in [-0.05, 0) is 37.4 Å². The summed E-state index contributed by atoms with van der Waals surface area (Å²) in [6, 6.07) is 0. The Bertz CT molecular complexity index is 332. The summed E-state index contributed by atoms with van der Waals surface area (Å²) < 4.78 is 12.7. The van der Waals surface area contributed by atoms with Crippen LogP contribution < -0.4 is 5.73 Å². The fraction of sp³-hybridized carbons (Fsp3) is 1.00. The molecule has 0 amide bonds. The number of hydrogen-bond donors (Lipinski definition) is 1. The van der Waals surface area contributed by atoms with Crippen molar-refractivity contribution in [2.45, 2.75) is 69.2 Å². The second-order valence-corrected chi connectivity index (χ2v) is 8.26. The Labute approximate surface area is 127 Å². The second-order valence-electron chi connectivity index (χ2n) is 7.16. The van der Waals surface area contributed by atoms with Gasteiger partial charge in [-0.2, -0.15) is 11.8 Å². The maximum Gasteiger partial charge on any atom is 0.0810 e. The molecule has 3 aliphatic rings. The highest BCUT2D eigenvalue weighted by Crippen LogP contribution is 2.42. The minimum absolute atomic E-state index is 0.0490. The zero-order valence-corrected chi connectivity index (χ0v) is 13.6. The summed E-state index contributed by atoms with van der Waals surface area (Å²) in [5.74, 6) is 3.15. The molecule has 20 heavy (non-hydrogen) atoms. The van der Waals surface area contributed by atoms with Crippen molar-refractivity contribution in [3.05, 3.63) is 0 Å². The molecule has 116 valence electrons. The van der Waals surface area contributed by atoms with Gasteiger partial charge < -0.3 is 15.2 Å². The summed E-state index contributed by atoms with van der Waals surface area (Å²) in [5, 5.41) is 0. The third-order valence-electron chi connectivity index (χ3n) is 5.35. The third kappa shape index (κ3) is 3.18. The highest BCUT2D eigenvalue weighted by molar-refractivity contribution is 7.99. The van der Waals surface area contributed by atoms with Crippen molar-refractivity contribution >= 4 is 11.8 Å². The van der Waals surface area contributed by atoms with E-state index in [0.29, 0.717) is 12.6 Å². The summed E-state index contributed by atoms with van der Waals surface area (Å²) in [7, 11) is 0. The van der Waals surface area contributed by atoms with Crippen LogP contribution in [0.1, 0.15) is 51.9 Å². The molecule has 0 aromatic carbocycles. The van der Waals surface area contributed by atoms with Crippen molar-refractivity contribution in [2.24, 2.45) is 11.7 Å². The molecule has 2 saturated heterocycles. The topological polar surface area (TPSA) is 44.5 Å². The van der Waals surface area contributed by atoms with E-state index < -0.39 is 0 Å². The monoisotopic (exact) mass is 299 g/mol. The van der Waals surface area contributed by atoms with Gasteiger partial charge in [0.2, 0.25) is 0 Å². The van der Waals surface area contributed by atoms with E-state index in [4.69, 9.17) is 15.2 Å². The van der Waals surface area contributed by atoms with Crippen LogP contribution in [0.5, 0.6) is 0 Å². The molecule has 1 spiro atoms. The lowest BCUT2D eigenvalue weighted by Crippen LogP contribution is -2.51. The van der Waals surface area contributed by atoms with Gasteiger partial charge in [0, 0.05) is 25.3 Å². The largest absolute Gasteiger partial charge is 0.374 e. The van der Waals surface area contributed by atoms with Gasteiger partial charge in [0.25, 0.3) is 0 Å². The quantitative estimate of drug-likeness (QED) is 0.870. The van der Waals surface area contributed by atoms with Crippen LogP contribution in [0.3, 0.4) is 0 Å². The Morgan fingerprint density at radius 3 is 2.90 bits per heavy atom. The van der Waals surface area contributed by atoms with E-state index in [1.54, 1.807) is 0 Å². The van der Waals surface area contributed by atoms with Crippen LogP contribution in [0.25, 0.3) is 0 Å². The molecule has 3 nitrogen and oxygen atoms in total. The van der Waals surface area contributed by atoms with Crippen molar-refractivity contribution in [3.8, 4) is 0 Å². The molecule has 0 aromatic heterocycles. The summed E-state index contributed by atoms with van der Waals surface area (Å²) >= 11 is 2.03. The first-order valence-electron chi connectivity index (χ1n) is 8.25. The Hall–Kier alpha value is 0.230. The van der Waals surface area contributed by atoms with E-state index in [9.17, 15) is 0 Å². The molecule has 3 rings (SSSR count). The molecule has 4 atom stereocenters. The van der Waals surface area contributed by atoms with E-state index >= 15 is 0 Å². The first-order valence-corrected chi connectivity index (χ1v) is 9.40. The summed E-state index contributed by atoms with van der Waals surface area (Å²) in [6.45, 7) is 3.88. The van der Waals surface area contributed by atoms with E-state index in [1.165, 1.54) is 25.0 Å². The summed E-state index contributed by atoms with van der Waals surface area (Å²) in [4.78, 5) is 0.